The summed E-state index contributed by atoms with van der Waals surface area (Å²) in [6, 6.07) is 7.63. The van der Waals surface area contributed by atoms with Gasteiger partial charge in [0, 0.05) is 5.75 Å². The maximum absolute atomic E-state index is 12.4. The van der Waals surface area contributed by atoms with E-state index >= 15 is 0 Å². The molecule has 1 aromatic carbocycles. The van der Waals surface area contributed by atoms with E-state index in [9.17, 15) is 14.7 Å². The highest BCUT2D eigenvalue weighted by molar-refractivity contribution is 7.99. The molecule has 0 unspecified atom stereocenters. The number of para-hydroxylation sites is 1. The molecule has 2 heterocycles. The van der Waals surface area contributed by atoms with Crippen molar-refractivity contribution in [1.29, 1.82) is 0 Å². The van der Waals surface area contributed by atoms with E-state index in [-0.39, 0.29) is 11.8 Å². The zero-order valence-corrected chi connectivity index (χ0v) is 12.3. The van der Waals surface area contributed by atoms with Gasteiger partial charge in [0.25, 0.3) is 0 Å². The Bertz CT molecular complexity index is 569. The number of fused-ring (bicyclic) bond motifs is 1. The molecule has 1 fully saturated rings. The lowest BCUT2D eigenvalue weighted by Gasteiger charge is -2.29. The van der Waals surface area contributed by atoms with Crippen molar-refractivity contribution in [1.82, 2.24) is 5.32 Å². The van der Waals surface area contributed by atoms with Crippen molar-refractivity contribution in [3.8, 4) is 5.75 Å². The average molecular weight is 307 g/mol. The largest absolute Gasteiger partial charge is 0.492 e. The average Bonchev–Trinajstić information content (AvgIpc) is 2.96. The van der Waals surface area contributed by atoms with E-state index in [0.717, 1.165) is 17.1 Å². The highest BCUT2D eigenvalue weighted by Crippen LogP contribution is 2.30. The lowest BCUT2D eigenvalue weighted by molar-refractivity contribution is -0.147. The van der Waals surface area contributed by atoms with E-state index in [1.165, 1.54) is 0 Å². The third-order valence-electron chi connectivity index (χ3n) is 4.04. The number of carboxylic acids is 1. The van der Waals surface area contributed by atoms with Crippen molar-refractivity contribution in [2.45, 2.75) is 18.4 Å². The highest BCUT2D eigenvalue weighted by atomic mass is 32.2. The van der Waals surface area contributed by atoms with E-state index in [2.05, 4.69) is 5.32 Å². The number of rotatable bonds is 3. The number of hydrogen-bond acceptors (Lipinski definition) is 4. The molecule has 6 heteroatoms. The fourth-order valence-corrected chi connectivity index (χ4v) is 4.05. The lowest BCUT2D eigenvalue weighted by Crippen LogP contribution is -2.57. The molecular weight excluding hydrogens is 290 g/mol. The molecular formula is C15H17NO4S. The minimum absolute atomic E-state index is 0.227. The Kier molecular flexibility index (Phi) is 3.80. The topological polar surface area (TPSA) is 75.6 Å². The van der Waals surface area contributed by atoms with Crippen LogP contribution < -0.4 is 10.1 Å². The van der Waals surface area contributed by atoms with Crippen LogP contribution in [0.1, 0.15) is 12.0 Å². The number of amides is 1. The number of carbonyl (C=O) groups is 2. The fraction of sp³-hybridized carbons (Fsp3) is 0.467. The zero-order chi connectivity index (χ0) is 14.9. The summed E-state index contributed by atoms with van der Waals surface area (Å²) in [5.74, 6) is 0.495. The normalized spacial score (nSPS) is 27.5. The maximum atomic E-state index is 12.4. The first-order chi connectivity index (χ1) is 10.1. The summed E-state index contributed by atoms with van der Waals surface area (Å²) in [5.41, 5.74) is -0.118. The van der Waals surface area contributed by atoms with Crippen LogP contribution in [0.15, 0.2) is 24.3 Å². The van der Waals surface area contributed by atoms with Gasteiger partial charge in [-0.3, -0.25) is 4.79 Å². The first-order valence-electron chi connectivity index (χ1n) is 6.95. The Labute approximate surface area is 127 Å². The SMILES string of the molecule is O=C(N[C@]1(C(=O)O)CCSC1)[C@H]1COc2ccccc2C1. The van der Waals surface area contributed by atoms with E-state index in [1.807, 2.05) is 24.3 Å². The van der Waals surface area contributed by atoms with Gasteiger partial charge < -0.3 is 15.2 Å². The van der Waals surface area contributed by atoms with Crippen LogP contribution in [0.3, 0.4) is 0 Å². The summed E-state index contributed by atoms with van der Waals surface area (Å²) in [6.07, 6.45) is 1.06. The number of ether oxygens (including phenoxy) is 1. The van der Waals surface area contributed by atoms with Crippen molar-refractivity contribution in [3.05, 3.63) is 29.8 Å². The summed E-state index contributed by atoms with van der Waals surface area (Å²) >= 11 is 1.56. The van der Waals surface area contributed by atoms with Gasteiger partial charge in [-0.05, 0) is 30.2 Å². The Hall–Kier alpha value is -1.69. The van der Waals surface area contributed by atoms with Gasteiger partial charge in [0.1, 0.15) is 17.9 Å². The smallest absolute Gasteiger partial charge is 0.330 e. The van der Waals surface area contributed by atoms with Crippen molar-refractivity contribution >= 4 is 23.6 Å². The van der Waals surface area contributed by atoms with Crippen LogP contribution in [0, 0.1) is 5.92 Å². The molecule has 0 radical (unpaired) electrons. The summed E-state index contributed by atoms with van der Waals surface area (Å²) in [7, 11) is 0. The molecule has 5 nitrogen and oxygen atoms in total. The molecule has 3 rings (SSSR count). The number of nitrogens with one attached hydrogen (secondary N) is 1. The molecule has 0 spiro atoms. The van der Waals surface area contributed by atoms with Crippen LogP contribution in [0.4, 0.5) is 0 Å². The van der Waals surface area contributed by atoms with Crippen LogP contribution in [0.25, 0.3) is 0 Å². The van der Waals surface area contributed by atoms with Gasteiger partial charge >= 0.3 is 5.97 Å². The van der Waals surface area contributed by atoms with Crippen LogP contribution in [0.5, 0.6) is 5.75 Å². The van der Waals surface area contributed by atoms with Crippen molar-refractivity contribution < 1.29 is 19.4 Å². The second-order valence-corrected chi connectivity index (χ2v) is 6.60. The summed E-state index contributed by atoms with van der Waals surface area (Å²) in [5, 5.41) is 12.2. The van der Waals surface area contributed by atoms with Gasteiger partial charge in [-0.2, -0.15) is 11.8 Å². The number of carboxylic acid groups (broad SMARTS) is 1. The Morgan fingerprint density at radius 1 is 1.38 bits per heavy atom. The first-order valence-corrected chi connectivity index (χ1v) is 8.10. The second-order valence-electron chi connectivity index (χ2n) is 5.50. The summed E-state index contributed by atoms with van der Waals surface area (Å²) in [4.78, 5) is 23.9. The van der Waals surface area contributed by atoms with Gasteiger partial charge in [-0.1, -0.05) is 18.2 Å². The maximum Gasteiger partial charge on any atom is 0.330 e. The molecule has 1 aromatic rings. The molecule has 2 aliphatic rings. The lowest BCUT2D eigenvalue weighted by atomic mass is 9.93. The van der Waals surface area contributed by atoms with Crippen LogP contribution >= 0.6 is 11.8 Å². The van der Waals surface area contributed by atoms with Gasteiger partial charge in [0.2, 0.25) is 5.91 Å². The zero-order valence-electron chi connectivity index (χ0n) is 11.5. The van der Waals surface area contributed by atoms with Gasteiger partial charge in [-0.15, -0.1) is 0 Å². The van der Waals surface area contributed by atoms with Gasteiger partial charge in [0.05, 0.1) is 5.92 Å². The number of hydrogen-bond donors (Lipinski definition) is 2. The molecule has 1 amide bonds. The highest BCUT2D eigenvalue weighted by Gasteiger charge is 2.44. The number of aliphatic carboxylic acids is 1. The summed E-state index contributed by atoms with van der Waals surface area (Å²) < 4.78 is 5.60. The molecule has 2 aliphatic heterocycles. The Morgan fingerprint density at radius 2 is 2.19 bits per heavy atom. The molecule has 1 saturated heterocycles. The minimum Gasteiger partial charge on any atom is -0.492 e. The van der Waals surface area contributed by atoms with Crippen LogP contribution in [-0.4, -0.2) is 40.6 Å². The number of thioether (sulfide) groups is 1. The van der Waals surface area contributed by atoms with Gasteiger partial charge in [-0.25, -0.2) is 4.79 Å². The Balaban J connectivity index is 1.71. The third-order valence-corrected chi connectivity index (χ3v) is 5.23. The monoisotopic (exact) mass is 307 g/mol. The quantitative estimate of drug-likeness (QED) is 0.881. The van der Waals surface area contributed by atoms with E-state index in [4.69, 9.17) is 4.74 Å². The Morgan fingerprint density at radius 3 is 2.90 bits per heavy atom. The molecule has 112 valence electrons. The molecule has 0 aromatic heterocycles. The van der Waals surface area contributed by atoms with E-state index in [1.54, 1.807) is 11.8 Å². The third kappa shape index (κ3) is 2.72. The number of carbonyl (C=O) groups excluding carboxylic acids is 1. The van der Waals surface area contributed by atoms with Crippen molar-refractivity contribution in [2.75, 3.05) is 18.1 Å². The standard InChI is InChI=1S/C15H17NO4S/c17-13(16-15(14(18)19)5-6-21-9-15)11-7-10-3-1-2-4-12(10)20-8-11/h1-4,11H,5-9H2,(H,16,17)(H,18,19)/t11-,15-/m1/s1. The van der Waals surface area contributed by atoms with Crippen LogP contribution in [0.2, 0.25) is 0 Å². The molecule has 0 bridgehead atoms. The molecule has 2 atom stereocenters. The first kappa shape index (κ1) is 14.3. The molecule has 0 aliphatic carbocycles. The van der Waals surface area contributed by atoms with Crippen LogP contribution in [-0.2, 0) is 16.0 Å². The predicted molar refractivity (Wildman–Crippen MR) is 79.6 cm³/mol. The predicted octanol–water partition coefficient (Wildman–Crippen LogP) is 1.31. The molecule has 2 N–H and O–H groups in total. The van der Waals surface area contributed by atoms with Crippen molar-refractivity contribution in [3.63, 3.8) is 0 Å². The van der Waals surface area contributed by atoms with Crippen molar-refractivity contribution in [2.24, 2.45) is 5.92 Å². The second kappa shape index (κ2) is 5.60. The van der Waals surface area contributed by atoms with E-state index < -0.39 is 11.5 Å². The molecule has 0 saturated carbocycles. The van der Waals surface area contributed by atoms with Gasteiger partial charge in [0.15, 0.2) is 0 Å². The van der Waals surface area contributed by atoms with E-state index in [0.29, 0.717) is 25.2 Å². The fourth-order valence-electron chi connectivity index (χ4n) is 2.72. The summed E-state index contributed by atoms with van der Waals surface area (Å²) in [6.45, 7) is 0.297. The number of benzene rings is 1. The molecule has 21 heavy (non-hydrogen) atoms. The minimum atomic E-state index is -1.11.